The first-order chi connectivity index (χ1) is 8.43. The van der Waals surface area contributed by atoms with Gasteiger partial charge in [-0.05, 0) is 6.07 Å². The van der Waals surface area contributed by atoms with Crippen molar-refractivity contribution in [2.75, 3.05) is 19.8 Å². The number of halogens is 1. The van der Waals surface area contributed by atoms with E-state index in [2.05, 4.69) is 13.8 Å². The fourth-order valence-electron chi connectivity index (χ4n) is 1.75. The van der Waals surface area contributed by atoms with Gasteiger partial charge in [0.2, 0.25) is 0 Å². The van der Waals surface area contributed by atoms with Gasteiger partial charge in [-0.3, -0.25) is 0 Å². The van der Waals surface area contributed by atoms with Crippen LogP contribution in [0.3, 0.4) is 0 Å². The Morgan fingerprint density at radius 1 is 1.33 bits per heavy atom. The molecule has 5 heteroatoms. The van der Waals surface area contributed by atoms with Gasteiger partial charge in [0.25, 0.3) is 0 Å². The Morgan fingerprint density at radius 3 is 2.44 bits per heavy atom. The predicted molar refractivity (Wildman–Crippen MR) is 70.2 cm³/mol. The van der Waals surface area contributed by atoms with E-state index in [9.17, 15) is 5.11 Å². The maximum absolute atomic E-state index is 9.78. The van der Waals surface area contributed by atoms with Gasteiger partial charge < -0.3 is 20.3 Å². The van der Waals surface area contributed by atoms with E-state index >= 15 is 0 Å². The Labute approximate surface area is 112 Å². The minimum Gasteiger partial charge on any atom is -0.489 e. The summed E-state index contributed by atoms with van der Waals surface area (Å²) in [4.78, 5) is 0. The summed E-state index contributed by atoms with van der Waals surface area (Å²) >= 11 is 6.11. The third-order valence-electron chi connectivity index (χ3n) is 2.88. The molecule has 0 saturated carbocycles. The highest BCUT2D eigenvalue weighted by Crippen LogP contribution is 2.39. The average Bonchev–Trinajstić information content (AvgIpc) is 2.47. The molecule has 1 aliphatic rings. The largest absolute Gasteiger partial charge is 0.489 e. The molecule has 1 aliphatic heterocycles. The molecule has 0 aromatic heterocycles. The highest BCUT2D eigenvalue weighted by atomic mass is 35.5. The molecule has 100 valence electrons. The van der Waals surface area contributed by atoms with Crippen LogP contribution in [0, 0.1) is 5.41 Å². The van der Waals surface area contributed by atoms with Gasteiger partial charge in [0.1, 0.15) is 0 Å². The van der Waals surface area contributed by atoms with Crippen LogP contribution in [0.15, 0.2) is 12.1 Å². The van der Waals surface area contributed by atoms with Crippen LogP contribution in [-0.4, -0.2) is 24.9 Å². The first-order valence-electron chi connectivity index (χ1n) is 5.90. The van der Waals surface area contributed by atoms with Crippen molar-refractivity contribution in [3.05, 3.63) is 22.7 Å². The topological polar surface area (TPSA) is 64.7 Å². The maximum atomic E-state index is 9.78. The zero-order valence-corrected chi connectivity index (χ0v) is 11.3. The van der Waals surface area contributed by atoms with Gasteiger partial charge in [0.15, 0.2) is 11.5 Å². The number of fused-ring (bicyclic) bond motifs is 1. The van der Waals surface area contributed by atoms with Crippen LogP contribution < -0.4 is 15.2 Å². The SMILES string of the molecule is CC1(C)COc2cc(Cl)c(C(O)CN)cc2OC1. The van der Waals surface area contributed by atoms with Crippen molar-refractivity contribution < 1.29 is 14.6 Å². The van der Waals surface area contributed by atoms with Crippen molar-refractivity contribution in [2.24, 2.45) is 11.1 Å². The van der Waals surface area contributed by atoms with Crippen molar-refractivity contribution in [2.45, 2.75) is 20.0 Å². The summed E-state index contributed by atoms with van der Waals surface area (Å²) in [5.74, 6) is 1.21. The highest BCUT2D eigenvalue weighted by Gasteiger charge is 2.26. The van der Waals surface area contributed by atoms with Crippen LogP contribution >= 0.6 is 11.6 Å². The van der Waals surface area contributed by atoms with Gasteiger partial charge in [0.05, 0.1) is 24.3 Å². The first kappa shape index (κ1) is 13.5. The van der Waals surface area contributed by atoms with E-state index in [0.717, 1.165) is 0 Å². The lowest BCUT2D eigenvalue weighted by molar-refractivity contribution is 0.140. The smallest absolute Gasteiger partial charge is 0.162 e. The lowest BCUT2D eigenvalue weighted by atomic mass is 9.97. The van der Waals surface area contributed by atoms with Crippen LogP contribution in [0.25, 0.3) is 0 Å². The van der Waals surface area contributed by atoms with Crippen LogP contribution in [0.2, 0.25) is 5.02 Å². The van der Waals surface area contributed by atoms with E-state index in [4.69, 9.17) is 26.8 Å². The number of hydrogen-bond acceptors (Lipinski definition) is 4. The molecule has 0 saturated heterocycles. The molecule has 3 N–H and O–H groups in total. The molecule has 18 heavy (non-hydrogen) atoms. The summed E-state index contributed by atoms with van der Waals surface area (Å²) in [7, 11) is 0. The molecule has 1 atom stereocenters. The zero-order valence-electron chi connectivity index (χ0n) is 10.6. The van der Waals surface area contributed by atoms with Crippen molar-refractivity contribution in [1.82, 2.24) is 0 Å². The highest BCUT2D eigenvalue weighted by molar-refractivity contribution is 6.31. The molecule has 1 unspecified atom stereocenters. The average molecular weight is 272 g/mol. The van der Waals surface area contributed by atoms with E-state index in [1.165, 1.54) is 0 Å². The van der Waals surface area contributed by atoms with Crippen LogP contribution in [0.1, 0.15) is 25.5 Å². The lowest BCUT2D eigenvalue weighted by Gasteiger charge is -2.19. The minimum atomic E-state index is -0.789. The number of rotatable bonds is 2. The number of ether oxygens (including phenoxy) is 2. The predicted octanol–water partition coefficient (Wildman–Crippen LogP) is 2.13. The van der Waals surface area contributed by atoms with E-state index in [0.29, 0.717) is 35.3 Å². The molecular formula is C13H18ClNO3. The molecular weight excluding hydrogens is 254 g/mol. The monoisotopic (exact) mass is 271 g/mol. The number of benzene rings is 1. The molecule has 0 bridgehead atoms. The van der Waals surface area contributed by atoms with Crippen molar-refractivity contribution in [3.8, 4) is 11.5 Å². The van der Waals surface area contributed by atoms with Gasteiger partial charge in [-0.2, -0.15) is 0 Å². The van der Waals surface area contributed by atoms with E-state index < -0.39 is 6.10 Å². The molecule has 0 fully saturated rings. The van der Waals surface area contributed by atoms with Gasteiger partial charge in [-0.1, -0.05) is 25.4 Å². The second kappa shape index (κ2) is 4.96. The summed E-state index contributed by atoms with van der Waals surface area (Å²) in [6.07, 6.45) is -0.789. The Kier molecular flexibility index (Phi) is 3.71. The molecule has 2 rings (SSSR count). The Morgan fingerprint density at radius 2 is 1.89 bits per heavy atom. The fraction of sp³-hybridized carbons (Fsp3) is 0.538. The van der Waals surface area contributed by atoms with Crippen LogP contribution in [0.5, 0.6) is 11.5 Å². The second-order valence-electron chi connectivity index (χ2n) is 5.31. The maximum Gasteiger partial charge on any atom is 0.162 e. The van der Waals surface area contributed by atoms with Crippen molar-refractivity contribution in [1.29, 1.82) is 0 Å². The number of aliphatic hydroxyl groups excluding tert-OH is 1. The summed E-state index contributed by atoms with van der Waals surface area (Å²) in [5.41, 5.74) is 5.96. The number of nitrogens with two attached hydrogens (primary N) is 1. The Hall–Kier alpha value is -0.970. The van der Waals surface area contributed by atoms with Crippen LogP contribution in [-0.2, 0) is 0 Å². The Balaban J connectivity index is 2.35. The van der Waals surface area contributed by atoms with Crippen molar-refractivity contribution in [3.63, 3.8) is 0 Å². The summed E-state index contributed by atoms with van der Waals surface area (Å²) < 4.78 is 11.4. The van der Waals surface area contributed by atoms with E-state index in [1.54, 1.807) is 12.1 Å². The van der Waals surface area contributed by atoms with Crippen molar-refractivity contribution >= 4 is 11.6 Å². The van der Waals surface area contributed by atoms with Gasteiger partial charge in [-0.25, -0.2) is 0 Å². The van der Waals surface area contributed by atoms with Gasteiger partial charge in [-0.15, -0.1) is 0 Å². The molecule has 4 nitrogen and oxygen atoms in total. The molecule has 0 amide bonds. The summed E-state index contributed by atoms with van der Waals surface area (Å²) in [6.45, 7) is 5.37. The van der Waals surface area contributed by atoms with Crippen LogP contribution in [0.4, 0.5) is 0 Å². The molecule has 0 radical (unpaired) electrons. The molecule has 1 aromatic carbocycles. The third-order valence-corrected chi connectivity index (χ3v) is 3.21. The fourth-order valence-corrected chi connectivity index (χ4v) is 2.03. The summed E-state index contributed by atoms with van der Waals surface area (Å²) in [6, 6.07) is 3.38. The van der Waals surface area contributed by atoms with E-state index in [-0.39, 0.29) is 12.0 Å². The quantitative estimate of drug-likeness (QED) is 0.865. The molecule has 1 aromatic rings. The van der Waals surface area contributed by atoms with Gasteiger partial charge in [0, 0.05) is 23.6 Å². The number of aliphatic hydroxyl groups is 1. The lowest BCUT2D eigenvalue weighted by Crippen LogP contribution is -2.26. The third kappa shape index (κ3) is 2.71. The second-order valence-corrected chi connectivity index (χ2v) is 5.72. The normalized spacial score (nSPS) is 19.2. The first-order valence-corrected chi connectivity index (χ1v) is 6.28. The summed E-state index contributed by atoms with van der Waals surface area (Å²) in [5, 5.41) is 10.2. The molecule has 1 heterocycles. The van der Waals surface area contributed by atoms with Gasteiger partial charge >= 0.3 is 0 Å². The number of hydrogen-bond donors (Lipinski definition) is 2. The standard InChI is InChI=1S/C13H18ClNO3/c1-13(2)6-17-11-3-8(10(16)5-15)9(14)4-12(11)18-7-13/h3-4,10,16H,5-7,15H2,1-2H3. The molecule has 0 aliphatic carbocycles. The molecule has 0 spiro atoms. The zero-order chi connectivity index (χ0) is 13.3. The Bertz CT molecular complexity index is 448. The van der Waals surface area contributed by atoms with E-state index in [1.807, 2.05) is 0 Å². The minimum absolute atomic E-state index is 0.0574.